The molecule has 2 aromatic rings. The number of carbonyl (C=O) groups excluding carboxylic acids is 1. The van der Waals surface area contributed by atoms with Gasteiger partial charge in [-0.1, -0.05) is 0 Å². The Hall–Kier alpha value is -2.17. The summed E-state index contributed by atoms with van der Waals surface area (Å²) in [5.41, 5.74) is 0.262. The number of amides is 1. The van der Waals surface area contributed by atoms with Gasteiger partial charge >= 0.3 is 0 Å². The fraction of sp³-hybridized carbons (Fsp3) is 0.375. The van der Waals surface area contributed by atoms with Gasteiger partial charge in [-0.3, -0.25) is 14.2 Å². The van der Waals surface area contributed by atoms with Gasteiger partial charge in [0.05, 0.1) is 18.0 Å². The maximum absolute atomic E-state index is 13.7. The Morgan fingerprint density at radius 3 is 2.81 bits per heavy atom. The maximum atomic E-state index is 13.7. The van der Waals surface area contributed by atoms with Crippen molar-refractivity contribution in [1.29, 1.82) is 0 Å². The highest BCUT2D eigenvalue weighted by Gasteiger charge is 2.18. The van der Waals surface area contributed by atoms with Gasteiger partial charge in [-0.05, 0) is 43.7 Å². The van der Waals surface area contributed by atoms with Crippen LogP contribution >= 0.6 is 12.4 Å². The Morgan fingerprint density at radius 1 is 1.37 bits per heavy atom. The summed E-state index contributed by atoms with van der Waals surface area (Å²) in [6, 6.07) is 5.47. The first kappa shape index (κ1) is 21.1. The minimum atomic E-state index is -3.63. The molecule has 0 radical (unpaired) electrons. The first-order chi connectivity index (χ1) is 12.3. The van der Waals surface area contributed by atoms with Crippen molar-refractivity contribution in [2.24, 2.45) is 0 Å². The Morgan fingerprint density at radius 2 is 2.15 bits per heavy atom. The van der Waals surface area contributed by atoms with Crippen molar-refractivity contribution >= 4 is 39.7 Å². The summed E-state index contributed by atoms with van der Waals surface area (Å²) in [4.78, 5) is 12.4. The van der Waals surface area contributed by atoms with Gasteiger partial charge in [0.25, 0.3) is 5.91 Å². The quantitative estimate of drug-likeness (QED) is 0.690. The van der Waals surface area contributed by atoms with Gasteiger partial charge < -0.3 is 10.6 Å². The minimum absolute atomic E-state index is 0. The van der Waals surface area contributed by atoms with Crippen LogP contribution in [0.2, 0.25) is 0 Å². The molecule has 0 aliphatic carbocycles. The highest BCUT2D eigenvalue weighted by atomic mass is 35.5. The van der Waals surface area contributed by atoms with Gasteiger partial charge in [-0.25, -0.2) is 12.8 Å². The van der Waals surface area contributed by atoms with E-state index < -0.39 is 21.7 Å². The number of aromatic nitrogens is 2. The van der Waals surface area contributed by atoms with Gasteiger partial charge in [-0.2, -0.15) is 5.10 Å². The van der Waals surface area contributed by atoms with Crippen LogP contribution in [0.1, 0.15) is 29.4 Å². The molecule has 0 spiro atoms. The molecule has 2 heterocycles. The number of nitrogens with zero attached hydrogens (tertiary/aromatic N) is 2. The van der Waals surface area contributed by atoms with Crippen LogP contribution in [-0.4, -0.2) is 43.5 Å². The van der Waals surface area contributed by atoms with E-state index in [2.05, 4.69) is 20.5 Å². The summed E-state index contributed by atoms with van der Waals surface area (Å²) in [6.07, 6.45) is 4.73. The standard InChI is InChI=1S/C16H20FN5O3S.ClH/c1-26(24,25)21-15-9-11(4-5-13(15)17)19-16(23)14-6-8-22(20-14)12-3-2-7-18-10-12;/h4-6,8-9,12,18,21H,2-3,7,10H2,1H3,(H,19,23);1H. The molecule has 0 saturated carbocycles. The number of anilines is 2. The number of nitrogens with one attached hydrogen (secondary N) is 3. The van der Waals surface area contributed by atoms with Crippen molar-refractivity contribution in [3.63, 3.8) is 0 Å². The second-order valence-electron chi connectivity index (χ2n) is 6.20. The number of carbonyl (C=O) groups is 1. The highest BCUT2D eigenvalue weighted by Crippen LogP contribution is 2.21. The van der Waals surface area contributed by atoms with E-state index in [1.54, 1.807) is 16.9 Å². The second kappa shape index (κ2) is 8.68. The lowest BCUT2D eigenvalue weighted by atomic mass is 10.1. The molecule has 0 bridgehead atoms. The molecular formula is C16H21ClFN5O3S. The van der Waals surface area contributed by atoms with Crippen LogP contribution in [0, 0.1) is 5.82 Å². The van der Waals surface area contributed by atoms with Crippen LogP contribution in [0.3, 0.4) is 0 Å². The predicted octanol–water partition coefficient (Wildman–Crippen LogP) is 1.99. The number of halogens is 2. The molecule has 1 amide bonds. The van der Waals surface area contributed by atoms with E-state index in [9.17, 15) is 17.6 Å². The Balaban J connectivity index is 0.00000261. The number of hydrogen-bond donors (Lipinski definition) is 3. The van der Waals surface area contributed by atoms with Gasteiger partial charge in [0.1, 0.15) is 5.82 Å². The van der Waals surface area contributed by atoms with Crippen molar-refractivity contribution in [2.75, 3.05) is 29.4 Å². The molecule has 1 unspecified atom stereocenters. The summed E-state index contributed by atoms with van der Waals surface area (Å²) >= 11 is 0. The Bertz CT molecular complexity index is 913. The first-order valence-electron chi connectivity index (χ1n) is 8.16. The molecule has 148 valence electrons. The first-order valence-corrected chi connectivity index (χ1v) is 10.1. The highest BCUT2D eigenvalue weighted by molar-refractivity contribution is 7.92. The average molecular weight is 418 g/mol. The van der Waals surface area contributed by atoms with E-state index in [1.807, 2.05) is 0 Å². The minimum Gasteiger partial charge on any atom is -0.321 e. The van der Waals surface area contributed by atoms with Crippen LogP contribution in [-0.2, 0) is 10.0 Å². The average Bonchev–Trinajstić information content (AvgIpc) is 3.08. The van der Waals surface area contributed by atoms with Crippen LogP contribution in [0.15, 0.2) is 30.5 Å². The Kier molecular flexibility index (Phi) is 6.79. The van der Waals surface area contributed by atoms with E-state index in [0.29, 0.717) is 0 Å². The smallest absolute Gasteiger partial charge is 0.276 e. The van der Waals surface area contributed by atoms with Crippen molar-refractivity contribution in [3.8, 4) is 0 Å². The van der Waals surface area contributed by atoms with Crippen molar-refractivity contribution in [2.45, 2.75) is 18.9 Å². The number of sulfonamides is 1. The van der Waals surface area contributed by atoms with E-state index >= 15 is 0 Å². The summed E-state index contributed by atoms with van der Waals surface area (Å²) in [6.45, 7) is 1.79. The molecule has 3 N–H and O–H groups in total. The number of rotatable bonds is 5. The number of hydrogen-bond acceptors (Lipinski definition) is 5. The third kappa shape index (κ3) is 5.65. The normalized spacial score (nSPS) is 17.0. The summed E-state index contributed by atoms with van der Waals surface area (Å²) < 4.78 is 40.1. The largest absolute Gasteiger partial charge is 0.321 e. The zero-order chi connectivity index (χ0) is 18.7. The fourth-order valence-corrected chi connectivity index (χ4v) is 3.35. The lowest BCUT2D eigenvalue weighted by molar-refractivity contribution is 0.102. The number of piperidine rings is 1. The molecule has 3 rings (SSSR count). The maximum Gasteiger partial charge on any atom is 0.276 e. The molecule has 8 nitrogen and oxygen atoms in total. The SMILES string of the molecule is CS(=O)(=O)Nc1cc(NC(=O)c2ccn(C3CCCNC3)n2)ccc1F.Cl. The lowest BCUT2D eigenvalue weighted by Crippen LogP contribution is -2.32. The van der Waals surface area contributed by atoms with Crippen molar-refractivity contribution in [1.82, 2.24) is 15.1 Å². The van der Waals surface area contributed by atoms with E-state index in [4.69, 9.17) is 0 Å². The molecule has 1 atom stereocenters. The molecule has 27 heavy (non-hydrogen) atoms. The molecule has 1 fully saturated rings. The molecule has 11 heteroatoms. The third-order valence-corrected chi connectivity index (χ3v) is 4.60. The van der Waals surface area contributed by atoms with Crippen LogP contribution in [0.4, 0.5) is 15.8 Å². The molecular weight excluding hydrogens is 397 g/mol. The topological polar surface area (TPSA) is 105 Å². The van der Waals surface area contributed by atoms with Crippen molar-refractivity contribution < 1.29 is 17.6 Å². The summed E-state index contributed by atoms with van der Waals surface area (Å²) in [5.74, 6) is -1.19. The van der Waals surface area contributed by atoms with E-state index in [-0.39, 0.29) is 35.5 Å². The molecule has 1 saturated heterocycles. The van der Waals surface area contributed by atoms with E-state index in [0.717, 1.165) is 38.3 Å². The van der Waals surface area contributed by atoms with Gasteiger partial charge in [-0.15, -0.1) is 12.4 Å². The lowest BCUT2D eigenvalue weighted by Gasteiger charge is -2.22. The molecule has 1 aromatic carbocycles. The van der Waals surface area contributed by atoms with Gasteiger partial charge in [0.2, 0.25) is 10.0 Å². The van der Waals surface area contributed by atoms with E-state index in [1.165, 1.54) is 12.1 Å². The predicted molar refractivity (Wildman–Crippen MR) is 103 cm³/mol. The second-order valence-corrected chi connectivity index (χ2v) is 7.95. The molecule has 1 aromatic heterocycles. The Labute approximate surface area is 163 Å². The van der Waals surface area contributed by atoms with Crippen molar-refractivity contribution in [3.05, 3.63) is 42.0 Å². The summed E-state index contributed by atoms with van der Waals surface area (Å²) in [7, 11) is -3.63. The third-order valence-electron chi connectivity index (χ3n) is 4.01. The van der Waals surface area contributed by atoms with Crippen LogP contribution in [0.25, 0.3) is 0 Å². The zero-order valence-electron chi connectivity index (χ0n) is 14.6. The fourth-order valence-electron chi connectivity index (χ4n) is 2.80. The summed E-state index contributed by atoms with van der Waals surface area (Å²) in [5, 5.41) is 10.2. The molecule has 1 aliphatic rings. The zero-order valence-corrected chi connectivity index (χ0v) is 16.2. The molecule has 1 aliphatic heterocycles. The van der Waals surface area contributed by atoms with Crippen LogP contribution in [0.5, 0.6) is 0 Å². The van der Waals surface area contributed by atoms with Gasteiger partial charge in [0.15, 0.2) is 5.69 Å². The monoisotopic (exact) mass is 417 g/mol. The number of benzene rings is 1. The van der Waals surface area contributed by atoms with Gasteiger partial charge in [0, 0.05) is 18.4 Å². The van der Waals surface area contributed by atoms with Crippen LogP contribution < -0.4 is 15.4 Å².